The lowest BCUT2D eigenvalue weighted by Crippen LogP contribution is -2.40. The van der Waals surface area contributed by atoms with E-state index in [2.05, 4.69) is 15.6 Å². The van der Waals surface area contributed by atoms with Gasteiger partial charge in [0, 0.05) is 25.2 Å². The summed E-state index contributed by atoms with van der Waals surface area (Å²) in [5, 5.41) is 6.18. The van der Waals surface area contributed by atoms with Crippen LogP contribution in [-0.2, 0) is 11.3 Å². The summed E-state index contributed by atoms with van der Waals surface area (Å²) in [5.74, 6) is -0.646. The molecular formula is C19H24F2IN3O. The van der Waals surface area contributed by atoms with Crippen LogP contribution in [0.5, 0.6) is 0 Å². The Morgan fingerprint density at radius 1 is 1.15 bits per heavy atom. The molecule has 0 saturated heterocycles. The van der Waals surface area contributed by atoms with Crippen molar-refractivity contribution in [3.05, 3.63) is 71.3 Å². The lowest BCUT2D eigenvalue weighted by Gasteiger charge is -2.19. The predicted molar refractivity (Wildman–Crippen MR) is 111 cm³/mol. The molecule has 0 aromatic heterocycles. The van der Waals surface area contributed by atoms with Crippen LogP contribution in [-0.4, -0.2) is 26.2 Å². The van der Waals surface area contributed by atoms with Crippen molar-refractivity contribution in [2.45, 2.75) is 19.6 Å². The van der Waals surface area contributed by atoms with Gasteiger partial charge in [-0.05, 0) is 18.6 Å². The van der Waals surface area contributed by atoms with E-state index in [1.807, 2.05) is 30.3 Å². The summed E-state index contributed by atoms with van der Waals surface area (Å²) in [7, 11) is 1.63. The molecule has 0 aliphatic carbocycles. The van der Waals surface area contributed by atoms with Crippen molar-refractivity contribution in [2.24, 2.45) is 4.99 Å². The van der Waals surface area contributed by atoms with Gasteiger partial charge >= 0.3 is 0 Å². The molecule has 2 aromatic rings. The van der Waals surface area contributed by atoms with E-state index in [0.29, 0.717) is 31.3 Å². The average molecular weight is 475 g/mol. The van der Waals surface area contributed by atoms with E-state index in [1.54, 1.807) is 14.0 Å². The summed E-state index contributed by atoms with van der Waals surface area (Å²) in [6.45, 7) is 3.40. The van der Waals surface area contributed by atoms with E-state index in [0.717, 1.165) is 11.6 Å². The maximum atomic E-state index is 13.8. The smallest absolute Gasteiger partial charge is 0.191 e. The molecule has 26 heavy (non-hydrogen) atoms. The average Bonchev–Trinajstić information content (AvgIpc) is 2.61. The fraction of sp³-hybridized carbons (Fsp3) is 0.316. The summed E-state index contributed by atoms with van der Waals surface area (Å²) in [4.78, 5) is 4.10. The molecule has 1 atom stereocenters. The monoisotopic (exact) mass is 475 g/mol. The van der Waals surface area contributed by atoms with Crippen LogP contribution in [0, 0.1) is 11.6 Å². The third-order valence-corrected chi connectivity index (χ3v) is 3.66. The first kappa shape index (κ1) is 22.3. The zero-order valence-electron chi connectivity index (χ0n) is 14.8. The highest BCUT2D eigenvalue weighted by atomic mass is 127. The number of rotatable bonds is 7. The Hall–Kier alpha value is -1.74. The predicted octanol–water partition coefficient (Wildman–Crippen LogP) is 4.03. The lowest BCUT2D eigenvalue weighted by atomic mass is 10.1. The Kier molecular flexibility index (Phi) is 10.1. The lowest BCUT2D eigenvalue weighted by molar-refractivity contribution is 0.125. The number of ether oxygens (including phenoxy) is 1. The van der Waals surface area contributed by atoms with Crippen LogP contribution in [0.4, 0.5) is 8.78 Å². The third kappa shape index (κ3) is 7.25. The van der Waals surface area contributed by atoms with E-state index in [4.69, 9.17) is 4.74 Å². The summed E-state index contributed by atoms with van der Waals surface area (Å²) >= 11 is 0. The molecule has 1 unspecified atom stereocenters. The summed E-state index contributed by atoms with van der Waals surface area (Å²) in [6, 6.07) is 13.1. The fourth-order valence-corrected chi connectivity index (χ4v) is 2.34. The summed E-state index contributed by atoms with van der Waals surface area (Å²) < 4.78 is 32.4. The van der Waals surface area contributed by atoms with Crippen LogP contribution in [0.15, 0.2) is 53.5 Å². The van der Waals surface area contributed by atoms with Gasteiger partial charge < -0.3 is 15.4 Å². The highest BCUT2D eigenvalue weighted by Crippen LogP contribution is 2.17. The van der Waals surface area contributed by atoms with E-state index in [1.165, 1.54) is 12.1 Å². The second-order valence-electron chi connectivity index (χ2n) is 5.57. The number of benzene rings is 2. The molecule has 142 valence electrons. The quantitative estimate of drug-likeness (QED) is 0.275. The Morgan fingerprint density at radius 2 is 1.88 bits per heavy atom. The van der Waals surface area contributed by atoms with Crippen LogP contribution in [0.1, 0.15) is 24.1 Å². The number of hydrogen-bond donors (Lipinski definition) is 2. The first-order valence-electron chi connectivity index (χ1n) is 8.14. The molecule has 0 spiro atoms. The summed E-state index contributed by atoms with van der Waals surface area (Å²) in [5.41, 5.74) is 1.50. The number of nitrogens with zero attached hydrogens (tertiary/aromatic N) is 1. The largest absolute Gasteiger partial charge is 0.375 e. The number of halogens is 3. The zero-order valence-corrected chi connectivity index (χ0v) is 17.2. The van der Waals surface area contributed by atoms with Crippen molar-refractivity contribution in [3.8, 4) is 0 Å². The van der Waals surface area contributed by atoms with Crippen molar-refractivity contribution in [2.75, 3.05) is 20.2 Å². The first-order chi connectivity index (χ1) is 12.1. The van der Waals surface area contributed by atoms with Gasteiger partial charge in [-0.1, -0.05) is 36.4 Å². The third-order valence-electron chi connectivity index (χ3n) is 3.66. The molecule has 0 bridgehead atoms. The minimum Gasteiger partial charge on any atom is -0.375 e. The van der Waals surface area contributed by atoms with Crippen molar-refractivity contribution in [1.82, 2.24) is 10.6 Å². The second-order valence-corrected chi connectivity index (χ2v) is 5.57. The van der Waals surface area contributed by atoms with Crippen molar-refractivity contribution in [1.29, 1.82) is 0 Å². The van der Waals surface area contributed by atoms with Gasteiger partial charge in [0.05, 0.1) is 19.3 Å². The molecule has 0 saturated carbocycles. The molecule has 0 heterocycles. The van der Waals surface area contributed by atoms with E-state index < -0.39 is 11.6 Å². The van der Waals surface area contributed by atoms with Gasteiger partial charge in [0.15, 0.2) is 5.96 Å². The van der Waals surface area contributed by atoms with Gasteiger partial charge in [-0.2, -0.15) is 0 Å². The highest BCUT2D eigenvalue weighted by molar-refractivity contribution is 14.0. The molecule has 2 aromatic carbocycles. The van der Waals surface area contributed by atoms with Crippen molar-refractivity contribution in [3.63, 3.8) is 0 Å². The van der Waals surface area contributed by atoms with Crippen LogP contribution in [0.3, 0.4) is 0 Å². The molecule has 0 amide bonds. The van der Waals surface area contributed by atoms with Crippen LogP contribution in [0.2, 0.25) is 0 Å². The Labute approximate surface area is 170 Å². The topological polar surface area (TPSA) is 45.7 Å². The van der Waals surface area contributed by atoms with Crippen LogP contribution < -0.4 is 10.6 Å². The maximum absolute atomic E-state index is 13.8. The van der Waals surface area contributed by atoms with E-state index >= 15 is 0 Å². The van der Waals surface area contributed by atoms with Crippen LogP contribution in [0.25, 0.3) is 0 Å². The SMILES string of the molecule is CN=C(NCCOCc1ccccc1)NC(C)c1ccc(F)cc1F.I. The molecule has 0 aliphatic heterocycles. The van der Waals surface area contributed by atoms with E-state index in [-0.39, 0.29) is 30.0 Å². The van der Waals surface area contributed by atoms with Crippen LogP contribution >= 0.6 is 24.0 Å². The fourth-order valence-electron chi connectivity index (χ4n) is 2.34. The van der Waals surface area contributed by atoms with Gasteiger partial charge in [0.1, 0.15) is 11.6 Å². The molecule has 7 heteroatoms. The minimum absolute atomic E-state index is 0. The van der Waals surface area contributed by atoms with Gasteiger partial charge in [-0.25, -0.2) is 8.78 Å². The van der Waals surface area contributed by atoms with Gasteiger partial charge in [-0.3, -0.25) is 4.99 Å². The Morgan fingerprint density at radius 3 is 2.54 bits per heavy atom. The normalized spacial score (nSPS) is 12.2. The van der Waals surface area contributed by atoms with Crippen molar-refractivity contribution >= 4 is 29.9 Å². The molecule has 4 nitrogen and oxygen atoms in total. The molecule has 0 fully saturated rings. The second kappa shape index (κ2) is 11.8. The van der Waals surface area contributed by atoms with Crippen molar-refractivity contribution < 1.29 is 13.5 Å². The standard InChI is InChI=1S/C19H23F2N3O.HI/c1-14(17-9-8-16(20)12-18(17)21)24-19(22-2)23-10-11-25-13-15-6-4-3-5-7-15;/h3-9,12,14H,10-11,13H2,1-2H3,(H2,22,23,24);1H. The van der Waals surface area contributed by atoms with E-state index in [9.17, 15) is 8.78 Å². The Bertz CT molecular complexity index is 698. The minimum atomic E-state index is -0.591. The maximum Gasteiger partial charge on any atom is 0.191 e. The van der Waals surface area contributed by atoms with Gasteiger partial charge in [-0.15, -0.1) is 24.0 Å². The number of aliphatic imine (C=N–C) groups is 1. The summed E-state index contributed by atoms with van der Waals surface area (Å²) in [6.07, 6.45) is 0. The van der Waals surface area contributed by atoms with Gasteiger partial charge in [0.25, 0.3) is 0 Å². The number of nitrogens with one attached hydrogen (secondary N) is 2. The van der Waals surface area contributed by atoms with Gasteiger partial charge in [0.2, 0.25) is 0 Å². The molecule has 2 N–H and O–H groups in total. The molecule has 0 aliphatic rings. The number of guanidine groups is 1. The highest BCUT2D eigenvalue weighted by Gasteiger charge is 2.13. The first-order valence-corrected chi connectivity index (χ1v) is 8.14. The zero-order chi connectivity index (χ0) is 18.1. The molecule has 0 radical (unpaired) electrons. The molecular weight excluding hydrogens is 451 g/mol. The Balaban J connectivity index is 0.00000338. The molecule has 2 rings (SSSR count). The number of hydrogen-bond acceptors (Lipinski definition) is 2.